The van der Waals surface area contributed by atoms with Gasteiger partial charge < -0.3 is 17.1 Å². The second-order valence-electron chi connectivity index (χ2n) is 3.15. The van der Waals surface area contributed by atoms with Crippen molar-refractivity contribution in [3.8, 4) is 5.75 Å². The van der Waals surface area contributed by atoms with Crippen molar-refractivity contribution in [2.45, 2.75) is 32.6 Å². The van der Waals surface area contributed by atoms with Gasteiger partial charge in [-0.1, -0.05) is 26.2 Å². The van der Waals surface area contributed by atoms with Crippen LogP contribution < -0.4 is 17.1 Å². The Morgan fingerprint density at radius 2 is 2.07 bits per heavy atom. The van der Waals surface area contributed by atoms with Crippen LogP contribution in [0.25, 0.3) is 0 Å². The van der Waals surface area contributed by atoms with Crippen molar-refractivity contribution in [1.82, 2.24) is 0 Å². The summed E-state index contributed by atoms with van der Waals surface area (Å²) in [6.07, 6.45) is 5.01. The van der Waals surface area contributed by atoms with Gasteiger partial charge in [-0.15, -0.1) is 12.1 Å². The molecule has 0 aliphatic heterocycles. The van der Waals surface area contributed by atoms with E-state index < -0.39 is 0 Å². The fraction of sp³-hybridized carbons (Fsp3) is 0.500. The predicted molar refractivity (Wildman–Crippen MR) is 60.7 cm³/mol. The summed E-state index contributed by atoms with van der Waals surface area (Å²) in [7, 11) is 0. The Hall–Kier alpha value is 0.0762. The molecule has 0 atom stereocenters. The van der Waals surface area contributed by atoms with Crippen LogP contribution in [-0.4, -0.2) is 29.7 Å². The molecule has 80 valence electrons. The zero-order valence-corrected chi connectivity index (χ0v) is 11.5. The molecule has 0 radical (unpaired) electrons. The maximum atomic E-state index is 5.52. The van der Waals surface area contributed by atoms with Gasteiger partial charge in [0, 0.05) is 5.75 Å². The summed E-state index contributed by atoms with van der Waals surface area (Å²) in [5.41, 5.74) is 0. The fourth-order valence-corrected chi connectivity index (χ4v) is 1.19. The Morgan fingerprint density at radius 3 is 2.67 bits per heavy atom. The van der Waals surface area contributed by atoms with E-state index >= 15 is 0 Å². The number of ether oxygens (including phenoxy) is 1. The van der Waals surface area contributed by atoms with E-state index in [1.165, 1.54) is 19.3 Å². The van der Waals surface area contributed by atoms with Crippen molar-refractivity contribution < 1.29 is 17.1 Å². The molecule has 0 saturated carbocycles. The van der Waals surface area contributed by atoms with E-state index in [0.717, 1.165) is 18.8 Å². The van der Waals surface area contributed by atoms with Crippen LogP contribution in [0.1, 0.15) is 32.6 Å². The number of hydrogen-bond acceptors (Lipinski definition) is 1. The molecule has 1 aromatic rings. The quantitative estimate of drug-likeness (QED) is 0.386. The molecule has 0 aliphatic carbocycles. The zero-order chi connectivity index (χ0) is 9.36. The second kappa shape index (κ2) is 12.1. The minimum atomic E-state index is 0. The van der Waals surface area contributed by atoms with Gasteiger partial charge in [-0.2, -0.15) is 18.2 Å². The SMILES string of the molecule is CCCCCCOc1c[c-]ccc1.[Cl-].[Mg+2]. The topological polar surface area (TPSA) is 9.23 Å². The number of unbranched alkanes of at least 4 members (excludes halogenated alkanes) is 3. The van der Waals surface area contributed by atoms with Gasteiger partial charge in [-0.25, -0.2) is 0 Å². The van der Waals surface area contributed by atoms with Gasteiger partial charge in [0.2, 0.25) is 0 Å². The van der Waals surface area contributed by atoms with Crippen molar-refractivity contribution >= 4 is 23.1 Å². The van der Waals surface area contributed by atoms with Crippen LogP contribution in [0, 0.1) is 6.07 Å². The third kappa shape index (κ3) is 9.03. The van der Waals surface area contributed by atoms with Crippen molar-refractivity contribution in [3.63, 3.8) is 0 Å². The second-order valence-corrected chi connectivity index (χ2v) is 3.15. The first-order valence-corrected chi connectivity index (χ1v) is 5.02. The number of benzene rings is 1. The van der Waals surface area contributed by atoms with E-state index in [1.54, 1.807) is 0 Å². The first-order chi connectivity index (χ1) is 6.43. The van der Waals surface area contributed by atoms with Crippen LogP contribution in [0.2, 0.25) is 0 Å². The summed E-state index contributed by atoms with van der Waals surface area (Å²) in [6.45, 7) is 3.05. The Morgan fingerprint density at radius 1 is 1.27 bits per heavy atom. The Balaban J connectivity index is 0. The van der Waals surface area contributed by atoms with E-state index in [9.17, 15) is 0 Å². The molecule has 1 aromatic carbocycles. The zero-order valence-electron chi connectivity index (χ0n) is 9.34. The molecule has 1 rings (SSSR count). The molecule has 15 heavy (non-hydrogen) atoms. The molecule has 0 unspecified atom stereocenters. The van der Waals surface area contributed by atoms with Crippen LogP contribution in [-0.2, 0) is 0 Å². The van der Waals surface area contributed by atoms with Crippen LogP contribution >= 0.6 is 0 Å². The summed E-state index contributed by atoms with van der Waals surface area (Å²) in [4.78, 5) is 0. The molecule has 0 bridgehead atoms. The molecule has 0 amide bonds. The standard InChI is InChI=1S/C12H17O.ClH.Mg/c1-2-3-4-8-11-13-12-9-6-5-7-10-12;;/h5-6,9-10H,2-4,8,11H2,1H3;1H;/q-1;;+2/p-1. The molecule has 1 nitrogen and oxygen atoms in total. The van der Waals surface area contributed by atoms with Crippen molar-refractivity contribution in [2.75, 3.05) is 6.61 Å². The molecular formula is C12H17ClMgO. The third-order valence-corrected chi connectivity index (χ3v) is 1.95. The Bertz CT molecular complexity index is 216. The first kappa shape index (κ1) is 17.5. The van der Waals surface area contributed by atoms with E-state index in [-0.39, 0.29) is 35.5 Å². The van der Waals surface area contributed by atoms with Gasteiger partial charge in [0.15, 0.2) is 0 Å². The fourth-order valence-electron chi connectivity index (χ4n) is 1.19. The Labute approximate surface area is 115 Å². The van der Waals surface area contributed by atoms with E-state index in [2.05, 4.69) is 13.0 Å². The van der Waals surface area contributed by atoms with E-state index in [0.29, 0.717) is 0 Å². The van der Waals surface area contributed by atoms with Crippen LogP contribution in [0.15, 0.2) is 24.3 Å². The summed E-state index contributed by atoms with van der Waals surface area (Å²) in [6, 6.07) is 10.7. The summed E-state index contributed by atoms with van der Waals surface area (Å²) >= 11 is 0. The molecule has 0 fully saturated rings. The maximum Gasteiger partial charge on any atom is 2.00 e. The monoisotopic (exact) mass is 236 g/mol. The van der Waals surface area contributed by atoms with Gasteiger partial charge >= 0.3 is 23.1 Å². The Kier molecular flexibility index (Phi) is 14.1. The molecule has 0 N–H and O–H groups in total. The predicted octanol–water partition coefficient (Wildman–Crippen LogP) is 0.0691. The van der Waals surface area contributed by atoms with Crippen LogP contribution in [0.5, 0.6) is 5.75 Å². The normalized spacial score (nSPS) is 8.60. The summed E-state index contributed by atoms with van der Waals surface area (Å²) in [5, 5.41) is 0. The van der Waals surface area contributed by atoms with E-state index in [4.69, 9.17) is 4.74 Å². The summed E-state index contributed by atoms with van der Waals surface area (Å²) in [5.74, 6) is 0.930. The number of halogens is 1. The van der Waals surface area contributed by atoms with Crippen LogP contribution in [0.4, 0.5) is 0 Å². The van der Waals surface area contributed by atoms with Crippen LogP contribution in [0.3, 0.4) is 0 Å². The minimum Gasteiger partial charge on any atom is -1.00 e. The smallest absolute Gasteiger partial charge is 1.00 e. The van der Waals surface area contributed by atoms with Crippen molar-refractivity contribution in [1.29, 1.82) is 0 Å². The minimum absolute atomic E-state index is 0. The molecular weight excluding hydrogens is 220 g/mol. The maximum absolute atomic E-state index is 5.52. The largest absolute Gasteiger partial charge is 2.00 e. The van der Waals surface area contributed by atoms with E-state index in [1.807, 2.05) is 24.3 Å². The van der Waals surface area contributed by atoms with Crippen molar-refractivity contribution in [2.24, 2.45) is 0 Å². The first-order valence-electron chi connectivity index (χ1n) is 5.02. The third-order valence-electron chi connectivity index (χ3n) is 1.95. The van der Waals surface area contributed by atoms with Crippen molar-refractivity contribution in [3.05, 3.63) is 30.3 Å². The molecule has 0 spiro atoms. The molecule has 0 aliphatic rings. The van der Waals surface area contributed by atoms with Gasteiger partial charge in [-0.05, 0) is 6.42 Å². The number of hydrogen-bond donors (Lipinski definition) is 0. The molecule has 0 aromatic heterocycles. The molecule has 3 heteroatoms. The molecule has 0 saturated heterocycles. The average Bonchev–Trinajstić information content (AvgIpc) is 2.19. The molecule has 0 heterocycles. The van der Waals surface area contributed by atoms with Gasteiger partial charge in [0.05, 0.1) is 6.61 Å². The summed E-state index contributed by atoms with van der Waals surface area (Å²) < 4.78 is 5.52. The van der Waals surface area contributed by atoms with Gasteiger partial charge in [0.1, 0.15) is 0 Å². The van der Waals surface area contributed by atoms with Gasteiger partial charge in [0.25, 0.3) is 0 Å². The van der Waals surface area contributed by atoms with Gasteiger partial charge in [-0.3, -0.25) is 0 Å². The number of rotatable bonds is 6. The average molecular weight is 237 g/mol.